The first-order valence-corrected chi connectivity index (χ1v) is 11.2. The zero-order valence-electron chi connectivity index (χ0n) is 15.0. The molecule has 1 aliphatic rings. The third-order valence-electron chi connectivity index (χ3n) is 5.15. The van der Waals surface area contributed by atoms with Crippen molar-refractivity contribution in [2.75, 3.05) is 20.3 Å². The van der Waals surface area contributed by atoms with Crippen LogP contribution < -0.4 is 0 Å². The number of aliphatic hydroxyl groups excluding tert-OH is 1. The Kier molecular flexibility index (Phi) is 6.89. The van der Waals surface area contributed by atoms with E-state index in [1.165, 1.54) is 7.11 Å². The van der Waals surface area contributed by atoms with Crippen LogP contribution in [0.3, 0.4) is 0 Å². The van der Waals surface area contributed by atoms with E-state index in [2.05, 4.69) is 33.9 Å². The number of carbonyl (C=O) groups excluding carboxylic acids is 1. The number of rotatable bonds is 5. The Morgan fingerprint density at radius 2 is 1.86 bits per heavy atom. The Labute approximate surface area is 136 Å². The van der Waals surface area contributed by atoms with Crippen LogP contribution in [0.4, 0.5) is 4.79 Å². The smallest absolute Gasteiger partial charge is 0.410 e. The first kappa shape index (κ1) is 19.5. The molecule has 1 rings (SSSR count). The van der Waals surface area contributed by atoms with Crippen LogP contribution in [-0.2, 0) is 9.16 Å². The summed E-state index contributed by atoms with van der Waals surface area (Å²) in [5, 5.41) is 9.39. The molecule has 1 aliphatic heterocycles. The largest absolute Gasteiger partial charge is 0.453 e. The molecule has 6 heteroatoms. The van der Waals surface area contributed by atoms with Crippen LogP contribution >= 0.6 is 0 Å². The van der Waals surface area contributed by atoms with Crippen molar-refractivity contribution in [3.8, 4) is 0 Å². The van der Waals surface area contributed by atoms with Gasteiger partial charge < -0.3 is 14.3 Å². The second-order valence-corrected chi connectivity index (χ2v) is 12.5. The van der Waals surface area contributed by atoms with E-state index in [0.717, 1.165) is 19.3 Å². The molecule has 2 atom stereocenters. The molecular weight excluding hydrogens is 298 g/mol. The van der Waals surface area contributed by atoms with Crippen LogP contribution in [0, 0.1) is 0 Å². The molecule has 130 valence electrons. The third kappa shape index (κ3) is 4.70. The predicted molar refractivity (Wildman–Crippen MR) is 90.5 cm³/mol. The number of amides is 1. The average Bonchev–Trinajstić information content (AvgIpc) is 2.43. The minimum Gasteiger partial charge on any atom is -0.453 e. The number of likely N-dealkylation sites (tertiary alicyclic amines) is 1. The van der Waals surface area contributed by atoms with Crippen LogP contribution in [0.15, 0.2) is 0 Å². The van der Waals surface area contributed by atoms with E-state index in [-0.39, 0.29) is 29.8 Å². The topological polar surface area (TPSA) is 59.0 Å². The minimum atomic E-state index is -1.83. The summed E-state index contributed by atoms with van der Waals surface area (Å²) in [6.07, 6.45) is 3.22. The van der Waals surface area contributed by atoms with E-state index in [4.69, 9.17) is 9.16 Å². The summed E-state index contributed by atoms with van der Waals surface area (Å²) in [5.41, 5.74) is 0. The third-order valence-corrected chi connectivity index (χ3v) is 9.65. The quantitative estimate of drug-likeness (QED) is 0.785. The van der Waals surface area contributed by atoms with Crippen molar-refractivity contribution in [2.24, 2.45) is 0 Å². The van der Waals surface area contributed by atoms with Crippen LogP contribution in [-0.4, -0.2) is 56.8 Å². The SMILES string of the molecule is COC(=O)N1[C@@H](CCO)CCC[C@H]1CO[Si](C)(C)C(C)(C)C. The number of ether oxygens (including phenoxy) is 1. The molecular formula is C16H33NO4Si. The number of methoxy groups -OCH3 is 1. The predicted octanol–water partition coefficient (Wildman–Crippen LogP) is 3.38. The summed E-state index contributed by atoms with van der Waals surface area (Å²) < 4.78 is 11.3. The van der Waals surface area contributed by atoms with Crippen molar-refractivity contribution in [1.29, 1.82) is 0 Å². The second kappa shape index (κ2) is 7.79. The van der Waals surface area contributed by atoms with Gasteiger partial charge in [-0.25, -0.2) is 4.79 Å². The Balaban J connectivity index is 2.79. The number of nitrogens with zero attached hydrogens (tertiary/aromatic N) is 1. The molecule has 0 saturated carbocycles. The first-order valence-electron chi connectivity index (χ1n) is 8.25. The lowest BCUT2D eigenvalue weighted by Gasteiger charge is -2.43. The molecule has 1 saturated heterocycles. The first-order chi connectivity index (χ1) is 10.1. The van der Waals surface area contributed by atoms with Gasteiger partial charge in [0.15, 0.2) is 8.32 Å². The lowest BCUT2D eigenvalue weighted by molar-refractivity contribution is 0.0302. The van der Waals surface area contributed by atoms with Crippen molar-refractivity contribution in [3.05, 3.63) is 0 Å². The zero-order chi connectivity index (χ0) is 17.0. The average molecular weight is 332 g/mol. The molecule has 0 aliphatic carbocycles. The van der Waals surface area contributed by atoms with Gasteiger partial charge >= 0.3 is 6.09 Å². The number of piperidine rings is 1. The maximum Gasteiger partial charge on any atom is 0.410 e. The summed E-state index contributed by atoms with van der Waals surface area (Å²) >= 11 is 0. The molecule has 0 aromatic rings. The summed E-state index contributed by atoms with van der Waals surface area (Å²) in [4.78, 5) is 14.0. The fourth-order valence-electron chi connectivity index (χ4n) is 2.69. The Morgan fingerprint density at radius 3 is 2.36 bits per heavy atom. The standard InChI is InChI=1S/C16H33NO4Si/c1-16(2,3)22(5,6)21-12-14-9-7-8-13(10-11-18)17(14)15(19)20-4/h13-14,18H,7-12H2,1-6H3/t13-,14+/m1/s1. The molecule has 5 nitrogen and oxygen atoms in total. The molecule has 22 heavy (non-hydrogen) atoms. The van der Waals surface area contributed by atoms with Crippen LogP contribution in [0.2, 0.25) is 18.1 Å². The maximum absolute atomic E-state index is 12.2. The van der Waals surface area contributed by atoms with Crippen molar-refractivity contribution in [1.82, 2.24) is 4.90 Å². The van der Waals surface area contributed by atoms with Gasteiger partial charge in [0.05, 0.1) is 19.8 Å². The lowest BCUT2D eigenvalue weighted by atomic mass is 9.94. The van der Waals surface area contributed by atoms with Crippen LogP contribution in [0.25, 0.3) is 0 Å². The molecule has 0 aromatic heterocycles. The number of aliphatic hydroxyl groups is 1. The van der Waals surface area contributed by atoms with Gasteiger partial charge in [-0.3, -0.25) is 4.90 Å². The van der Waals surface area contributed by atoms with Crippen molar-refractivity contribution < 1.29 is 19.1 Å². The Morgan fingerprint density at radius 1 is 1.27 bits per heavy atom. The molecule has 0 aromatic carbocycles. The highest BCUT2D eigenvalue weighted by molar-refractivity contribution is 6.74. The number of carbonyl (C=O) groups is 1. The fraction of sp³-hybridized carbons (Fsp3) is 0.938. The van der Waals surface area contributed by atoms with E-state index in [1.807, 2.05) is 0 Å². The zero-order valence-corrected chi connectivity index (χ0v) is 16.0. The van der Waals surface area contributed by atoms with Gasteiger partial charge in [-0.15, -0.1) is 0 Å². The molecule has 1 fully saturated rings. The van der Waals surface area contributed by atoms with E-state index < -0.39 is 8.32 Å². The van der Waals surface area contributed by atoms with Crippen LogP contribution in [0.1, 0.15) is 46.5 Å². The van der Waals surface area contributed by atoms with Gasteiger partial charge in [0.2, 0.25) is 0 Å². The second-order valence-electron chi connectivity index (χ2n) is 7.70. The lowest BCUT2D eigenvalue weighted by Crippen LogP contribution is -2.54. The van der Waals surface area contributed by atoms with Gasteiger partial charge in [-0.05, 0) is 43.8 Å². The van der Waals surface area contributed by atoms with E-state index in [9.17, 15) is 9.90 Å². The minimum absolute atomic E-state index is 0.0480. The molecule has 0 bridgehead atoms. The molecule has 1 amide bonds. The van der Waals surface area contributed by atoms with Gasteiger partial charge in [0, 0.05) is 12.6 Å². The van der Waals surface area contributed by atoms with Gasteiger partial charge in [0.25, 0.3) is 0 Å². The molecule has 0 radical (unpaired) electrons. The highest BCUT2D eigenvalue weighted by Gasteiger charge is 2.40. The molecule has 1 N–H and O–H groups in total. The summed E-state index contributed by atoms with van der Waals surface area (Å²) in [7, 11) is -0.417. The van der Waals surface area contributed by atoms with Crippen LogP contribution in [0.5, 0.6) is 0 Å². The highest BCUT2D eigenvalue weighted by Crippen LogP contribution is 2.37. The molecule has 1 heterocycles. The Bertz CT molecular complexity index is 366. The number of hydrogen-bond acceptors (Lipinski definition) is 4. The van der Waals surface area contributed by atoms with Gasteiger partial charge in [-0.1, -0.05) is 20.8 Å². The van der Waals surface area contributed by atoms with E-state index >= 15 is 0 Å². The van der Waals surface area contributed by atoms with E-state index in [1.54, 1.807) is 4.90 Å². The molecule has 0 unspecified atom stereocenters. The fourth-order valence-corrected chi connectivity index (χ4v) is 3.73. The normalized spacial score (nSPS) is 23.5. The van der Waals surface area contributed by atoms with Gasteiger partial charge in [-0.2, -0.15) is 0 Å². The Hall–Kier alpha value is -0.593. The monoisotopic (exact) mass is 331 g/mol. The highest BCUT2D eigenvalue weighted by atomic mass is 28.4. The van der Waals surface area contributed by atoms with Gasteiger partial charge in [0.1, 0.15) is 0 Å². The molecule has 0 spiro atoms. The summed E-state index contributed by atoms with van der Waals surface area (Å²) in [5.74, 6) is 0. The van der Waals surface area contributed by atoms with Crippen molar-refractivity contribution >= 4 is 14.4 Å². The van der Waals surface area contributed by atoms with Crippen molar-refractivity contribution in [2.45, 2.75) is 76.7 Å². The maximum atomic E-state index is 12.2. The number of hydrogen-bond donors (Lipinski definition) is 1. The van der Waals surface area contributed by atoms with Crippen molar-refractivity contribution in [3.63, 3.8) is 0 Å². The summed E-state index contributed by atoms with van der Waals surface area (Å²) in [6.45, 7) is 11.8. The van der Waals surface area contributed by atoms with E-state index in [0.29, 0.717) is 13.0 Å². The summed E-state index contributed by atoms with van der Waals surface area (Å²) in [6, 6.07) is 0.103.